The molecule has 2 rings (SSSR count). The lowest BCUT2D eigenvalue weighted by Crippen LogP contribution is -2.44. The minimum atomic E-state index is 0.194. The van der Waals surface area contributed by atoms with Crippen LogP contribution in [0.5, 0.6) is 0 Å². The molecular formula is C24H39N. The molecule has 1 aliphatic heterocycles. The molecule has 25 heavy (non-hydrogen) atoms. The zero-order chi connectivity index (χ0) is 18.6. The highest BCUT2D eigenvalue weighted by atomic mass is 15.2. The van der Waals surface area contributed by atoms with Crippen LogP contribution in [0.1, 0.15) is 71.9 Å². The zero-order valence-corrected chi connectivity index (χ0v) is 17.6. The third-order valence-electron chi connectivity index (χ3n) is 6.06. The monoisotopic (exact) mass is 341 g/mol. The molecule has 0 bridgehead atoms. The first-order valence-corrected chi connectivity index (χ1v) is 10.2. The van der Waals surface area contributed by atoms with E-state index < -0.39 is 0 Å². The Morgan fingerprint density at radius 3 is 2.16 bits per heavy atom. The fourth-order valence-electron chi connectivity index (χ4n) is 4.24. The summed E-state index contributed by atoms with van der Waals surface area (Å²) < 4.78 is 0. The van der Waals surface area contributed by atoms with Gasteiger partial charge in [0, 0.05) is 6.04 Å². The van der Waals surface area contributed by atoms with Crippen LogP contribution in [-0.4, -0.2) is 24.0 Å². The van der Waals surface area contributed by atoms with Crippen LogP contribution in [-0.2, 0) is 5.41 Å². The predicted octanol–water partition coefficient (Wildman–Crippen LogP) is 6.37. The van der Waals surface area contributed by atoms with Gasteiger partial charge in [0.1, 0.15) is 0 Å². The van der Waals surface area contributed by atoms with Crippen molar-refractivity contribution in [3.63, 3.8) is 0 Å². The van der Waals surface area contributed by atoms with Gasteiger partial charge in [-0.2, -0.15) is 0 Å². The van der Waals surface area contributed by atoms with Gasteiger partial charge in [-0.25, -0.2) is 0 Å². The number of allylic oxidation sites excluding steroid dienone is 1. The number of benzene rings is 1. The van der Waals surface area contributed by atoms with E-state index >= 15 is 0 Å². The van der Waals surface area contributed by atoms with Crippen molar-refractivity contribution in [2.75, 3.05) is 13.1 Å². The molecule has 140 valence electrons. The number of rotatable bonds is 6. The molecule has 1 heteroatoms. The summed E-state index contributed by atoms with van der Waals surface area (Å²) in [6, 6.07) is 9.69. The molecule has 1 saturated heterocycles. The second kappa shape index (κ2) is 8.54. The molecule has 1 fully saturated rings. The quantitative estimate of drug-likeness (QED) is 0.544. The van der Waals surface area contributed by atoms with Crippen molar-refractivity contribution in [1.82, 2.24) is 4.90 Å². The molecular weight excluding hydrogens is 302 g/mol. The van der Waals surface area contributed by atoms with E-state index in [4.69, 9.17) is 0 Å². The Bertz CT molecular complexity index is 552. The number of aryl methyl sites for hydroxylation is 1. The van der Waals surface area contributed by atoms with Crippen molar-refractivity contribution < 1.29 is 0 Å². The molecule has 1 heterocycles. The summed E-state index contributed by atoms with van der Waals surface area (Å²) in [5.74, 6) is 1.74. The maximum absolute atomic E-state index is 2.74. The second-order valence-electron chi connectivity index (χ2n) is 9.38. The van der Waals surface area contributed by atoms with Crippen LogP contribution in [0.4, 0.5) is 0 Å². The number of likely N-dealkylation sites (tertiary alicyclic amines) is 1. The maximum atomic E-state index is 2.74. The van der Waals surface area contributed by atoms with Crippen molar-refractivity contribution in [2.45, 2.75) is 79.2 Å². The first-order valence-electron chi connectivity index (χ1n) is 10.2. The molecule has 0 aromatic heterocycles. The van der Waals surface area contributed by atoms with E-state index in [9.17, 15) is 0 Å². The smallest absolute Gasteiger partial charge is 0.0288 e. The van der Waals surface area contributed by atoms with Crippen molar-refractivity contribution in [2.24, 2.45) is 11.8 Å². The second-order valence-corrected chi connectivity index (χ2v) is 9.38. The van der Waals surface area contributed by atoms with Crippen molar-refractivity contribution >= 4 is 0 Å². The Morgan fingerprint density at radius 1 is 1.12 bits per heavy atom. The topological polar surface area (TPSA) is 3.24 Å². The van der Waals surface area contributed by atoms with E-state index in [1.54, 1.807) is 0 Å². The predicted molar refractivity (Wildman–Crippen MR) is 111 cm³/mol. The lowest BCUT2D eigenvalue weighted by atomic mass is 9.77. The summed E-state index contributed by atoms with van der Waals surface area (Å²) >= 11 is 0. The normalized spacial score (nSPS) is 18.4. The summed E-state index contributed by atoms with van der Waals surface area (Å²) in [5.41, 5.74) is 4.44. The summed E-state index contributed by atoms with van der Waals surface area (Å²) in [7, 11) is 0. The highest BCUT2D eigenvalue weighted by molar-refractivity contribution is 5.28. The van der Waals surface area contributed by atoms with Gasteiger partial charge in [0.05, 0.1) is 0 Å². The Kier molecular flexibility index (Phi) is 6.91. The Morgan fingerprint density at radius 2 is 1.68 bits per heavy atom. The van der Waals surface area contributed by atoms with E-state index in [2.05, 4.69) is 83.7 Å². The fraction of sp³-hybridized carbons (Fsp3) is 0.667. The van der Waals surface area contributed by atoms with Gasteiger partial charge in [0.2, 0.25) is 0 Å². The highest BCUT2D eigenvalue weighted by Gasteiger charge is 2.30. The molecule has 0 radical (unpaired) electrons. The largest absolute Gasteiger partial charge is 0.297 e. The third-order valence-corrected chi connectivity index (χ3v) is 6.06. The average Bonchev–Trinajstić information content (AvgIpc) is 2.54. The molecule has 1 atom stereocenters. The van der Waals surface area contributed by atoms with Crippen LogP contribution in [0.3, 0.4) is 0 Å². The van der Waals surface area contributed by atoms with E-state index in [-0.39, 0.29) is 5.41 Å². The number of hydrogen-bond donors (Lipinski definition) is 0. The molecule has 1 nitrogen and oxygen atoms in total. The first kappa shape index (κ1) is 20.2. The molecule has 0 spiro atoms. The van der Waals surface area contributed by atoms with Gasteiger partial charge in [-0.3, -0.25) is 4.90 Å². The van der Waals surface area contributed by atoms with Crippen LogP contribution in [0, 0.1) is 18.8 Å². The van der Waals surface area contributed by atoms with E-state index in [0.29, 0.717) is 6.04 Å². The van der Waals surface area contributed by atoms with E-state index in [1.165, 1.54) is 49.1 Å². The molecule has 0 aliphatic carbocycles. The zero-order valence-electron chi connectivity index (χ0n) is 17.6. The third kappa shape index (κ3) is 5.71. The Hall–Kier alpha value is -1.08. The number of nitrogens with zero attached hydrogens (tertiary/aromatic N) is 1. The van der Waals surface area contributed by atoms with Gasteiger partial charge in [0.25, 0.3) is 0 Å². The summed E-state index contributed by atoms with van der Waals surface area (Å²) in [6.07, 6.45) is 6.41. The lowest BCUT2D eigenvalue weighted by Gasteiger charge is -2.41. The maximum Gasteiger partial charge on any atom is 0.0288 e. The molecule has 1 aromatic carbocycles. The molecule has 1 aromatic rings. The summed E-state index contributed by atoms with van der Waals surface area (Å²) in [5, 5.41) is 0. The summed E-state index contributed by atoms with van der Waals surface area (Å²) in [4.78, 5) is 2.74. The van der Waals surface area contributed by atoms with Gasteiger partial charge in [-0.05, 0) is 75.9 Å². The van der Waals surface area contributed by atoms with Crippen molar-refractivity contribution in [3.05, 3.63) is 47.0 Å². The van der Waals surface area contributed by atoms with Crippen LogP contribution in [0.15, 0.2) is 35.9 Å². The van der Waals surface area contributed by atoms with Gasteiger partial charge in [-0.15, -0.1) is 0 Å². The highest BCUT2D eigenvalue weighted by Crippen LogP contribution is 2.33. The summed E-state index contributed by atoms with van der Waals surface area (Å²) in [6.45, 7) is 18.7. The van der Waals surface area contributed by atoms with Crippen LogP contribution >= 0.6 is 0 Å². The molecule has 0 N–H and O–H groups in total. The van der Waals surface area contributed by atoms with Crippen molar-refractivity contribution in [3.8, 4) is 0 Å². The Labute approximate surface area is 156 Å². The number of hydrogen-bond acceptors (Lipinski definition) is 1. The minimum Gasteiger partial charge on any atom is -0.297 e. The van der Waals surface area contributed by atoms with E-state index in [0.717, 1.165) is 11.8 Å². The van der Waals surface area contributed by atoms with Gasteiger partial charge in [-0.1, -0.05) is 69.2 Å². The van der Waals surface area contributed by atoms with Gasteiger partial charge >= 0.3 is 0 Å². The van der Waals surface area contributed by atoms with Crippen LogP contribution < -0.4 is 0 Å². The van der Waals surface area contributed by atoms with Gasteiger partial charge in [0.15, 0.2) is 0 Å². The minimum absolute atomic E-state index is 0.194. The molecule has 0 saturated carbocycles. The van der Waals surface area contributed by atoms with Crippen LogP contribution in [0.25, 0.3) is 0 Å². The average molecular weight is 342 g/mol. The fourth-order valence-corrected chi connectivity index (χ4v) is 4.24. The molecule has 1 unspecified atom stereocenters. The van der Waals surface area contributed by atoms with Crippen molar-refractivity contribution in [1.29, 1.82) is 0 Å². The number of piperidine rings is 1. The Balaban J connectivity index is 2.12. The first-order chi connectivity index (χ1) is 11.7. The molecule has 1 aliphatic rings. The SMILES string of the molecule is CC(C)=CC(CC(C)(C)c1ccc(C)cc1)N1CCC(C(C)C)CC1. The molecule has 0 amide bonds. The lowest BCUT2D eigenvalue weighted by molar-refractivity contribution is 0.119. The van der Waals surface area contributed by atoms with Gasteiger partial charge < -0.3 is 0 Å². The van der Waals surface area contributed by atoms with Crippen LogP contribution in [0.2, 0.25) is 0 Å². The standard InChI is InChI=1S/C24H39N/c1-18(2)16-23(25-14-12-21(13-15-25)19(3)4)17-24(6,7)22-10-8-20(5)9-11-22/h8-11,16,19,21,23H,12-15,17H2,1-7H3. The van der Waals surface area contributed by atoms with E-state index in [1.807, 2.05) is 0 Å².